The van der Waals surface area contributed by atoms with Crippen LogP contribution in [0.3, 0.4) is 0 Å². The first kappa shape index (κ1) is 9.59. The highest BCUT2D eigenvalue weighted by atomic mass is 35.5. The second kappa shape index (κ2) is 2.76. The van der Waals surface area contributed by atoms with Crippen LogP contribution in [0.15, 0.2) is 12.3 Å². The van der Waals surface area contributed by atoms with Gasteiger partial charge in [-0.15, -0.1) is 0 Å². The Hall–Kier alpha value is -0.960. The van der Waals surface area contributed by atoms with Gasteiger partial charge >= 0.3 is 5.97 Å². The van der Waals surface area contributed by atoms with E-state index in [1.807, 2.05) is 0 Å². The number of hydrogen-bond donors (Lipinski definition) is 1. The number of aromatic nitrogens is 1. The minimum absolute atomic E-state index is 0.201. The average Bonchev–Trinajstić information content (AvgIpc) is 2.53. The van der Waals surface area contributed by atoms with E-state index < -0.39 is 5.97 Å². The van der Waals surface area contributed by atoms with Crippen LogP contribution >= 0.6 is 11.6 Å². The molecule has 1 unspecified atom stereocenters. The van der Waals surface area contributed by atoms with Gasteiger partial charge < -0.3 is 9.67 Å². The Bertz CT molecular complexity index is 395. The van der Waals surface area contributed by atoms with Crippen LogP contribution in [-0.2, 0) is 0 Å². The van der Waals surface area contributed by atoms with E-state index in [2.05, 4.69) is 13.8 Å². The number of nitrogens with zero attached hydrogens (tertiary/aromatic N) is 1. The van der Waals surface area contributed by atoms with E-state index in [9.17, 15) is 4.79 Å². The van der Waals surface area contributed by atoms with Crippen LogP contribution in [0.5, 0.6) is 0 Å². The first-order valence-corrected chi connectivity index (χ1v) is 4.90. The normalized spacial score (nSPS) is 23.5. The maximum absolute atomic E-state index is 10.9. The van der Waals surface area contributed by atoms with Crippen molar-refractivity contribution in [3.05, 3.63) is 23.0 Å². The standard InChI is InChI=1S/C10H12ClNO2/c1-10(2)4-8(10)12-5-6(11)3-7(12)9(13)14/h3,5,8H,4H2,1-2H3,(H,13,14). The van der Waals surface area contributed by atoms with E-state index in [0.29, 0.717) is 5.02 Å². The third-order valence-corrected chi connectivity index (χ3v) is 3.04. The summed E-state index contributed by atoms with van der Waals surface area (Å²) in [4.78, 5) is 10.9. The molecule has 14 heavy (non-hydrogen) atoms. The van der Waals surface area contributed by atoms with Crippen molar-refractivity contribution >= 4 is 17.6 Å². The van der Waals surface area contributed by atoms with E-state index in [4.69, 9.17) is 16.7 Å². The number of rotatable bonds is 2. The van der Waals surface area contributed by atoms with Crippen LogP contribution in [0, 0.1) is 5.41 Å². The predicted molar refractivity (Wildman–Crippen MR) is 53.8 cm³/mol. The summed E-state index contributed by atoms with van der Waals surface area (Å²) < 4.78 is 1.77. The number of aromatic carboxylic acids is 1. The zero-order valence-electron chi connectivity index (χ0n) is 8.12. The fraction of sp³-hybridized carbons (Fsp3) is 0.500. The Morgan fingerprint density at radius 2 is 2.29 bits per heavy atom. The molecule has 0 radical (unpaired) electrons. The molecule has 1 aliphatic carbocycles. The molecule has 1 fully saturated rings. The lowest BCUT2D eigenvalue weighted by Crippen LogP contribution is -2.08. The second-order valence-electron chi connectivity index (χ2n) is 4.46. The number of carboxylic acids is 1. The van der Waals surface area contributed by atoms with E-state index in [0.717, 1.165) is 6.42 Å². The zero-order chi connectivity index (χ0) is 10.5. The van der Waals surface area contributed by atoms with Gasteiger partial charge in [-0.1, -0.05) is 25.4 Å². The third kappa shape index (κ3) is 1.42. The Morgan fingerprint density at radius 3 is 2.71 bits per heavy atom. The van der Waals surface area contributed by atoms with Gasteiger partial charge in [0.25, 0.3) is 0 Å². The summed E-state index contributed by atoms with van der Waals surface area (Å²) in [6.07, 6.45) is 2.71. The van der Waals surface area contributed by atoms with Crippen molar-refractivity contribution in [1.82, 2.24) is 4.57 Å². The third-order valence-electron chi connectivity index (χ3n) is 2.83. The summed E-state index contributed by atoms with van der Waals surface area (Å²) in [6.45, 7) is 4.24. The Balaban J connectivity index is 2.39. The molecule has 1 aromatic rings. The number of halogens is 1. The lowest BCUT2D eigenvalue weighted by molar-refractivity contribution is 0.0684. The van der Waals surface area contributed by atoms with Gasteiger partial charge in [-0.2, -0.15) is 0 Å². The molecule has 1 N–H and O–H groups in total. The quantitative estimate of drug-likeness (QED) is 0.821. The summed E-state index contributed by atoms with van der Waals surface area (Å²) in [6, 6.07) is 1.78. The summed E-state index contributed by atoms with van der Waals surface area (Å²) in [5, 5.41) is 9.44. The lowest BCUT2D eigenvalue weighted by Gasteiger charge is -2.07. The molecule has 0 amide bonds. The summed E-state index contributed by atoms with van der Waals surface area (Å²) in [5.41, 5.74) is 0.484. The minimum atomic E-state index is -0.917. The molecular formula is C10H12ClNO2. The van der Waals surface area contributed by atoms with Crippen molar-refractivity contribution in [3.63, 3.8) is 0 Å². The molecule has 1 aromatic heterocycles. The smallest absolute Gasteiger partial charge is 0.352 e. The van der Waals surface area contributed by atoms with E-state index in [-0.39, 0.29) is 17.2 Å². The fourth-order valence-corrected chi connectivity index (χ4v) is 2.00. The molecular weight excluding hydrogens is 202 g/mol. The zero-order valence-corrected chi connectivity index (χ0v) is 8.88. The molecule has 0 spiro atoms. The largest absolute Gasteiger partial charge is 0.477 e. The molecule has 0 bridgehead atoms. The molecule has 1 aliphatic rings. The van der Waals surface area contributed by atoms with Gasteiger partial charge in [-0.3, -0.25) is 0 Å². The first-order valence-electron chi connectivity index (χ1n) is 4.52. The summed E-state index contributed by atoms with van der Waals surface area (Å²) >= 11 is 5.79. The van der Waals surface area contributed by atoms with Crippen LogP contribution in [0.4, 0.5) is 0 Å². The molecule has 1 atom stereocenters. The van der Waals surface area contributed by atoms with Crippen molar-refractivity contribution < 1.29 is 9.90 Å². The van der Waals surface area contributed by atoms with Gasteiger partial charge in [0.15, 0.2) is 0 Å². The SMILES string of the molecule is CC1(C)CC1n1cc(Cl)cc1C(=O)O. The minimum Gasteiger partial charge on any atom is -0.477 e. The number of hydrogen-bond acceptors (Lipinski definition) is 1. The van der Waals surface area contributed by atoms with Gasteiger partial charge in [0.2, 0.25) is 0 Å². The van der Waals surface area contributed by atoms with Gasteiger partial charge in [0.1, 0.15) is 5.69 Å². The Kier molecular flexibility index (Phi) is 1.89. The average molecular weight is 214 g/mol. The second-order valence-corrected chi connectivity index (χ2v) is 4.90. The van der Waals surface area contributed by atoms with E-state index >= 15 is 0 Å². The van der Waals surface area contributed by atoms with Crippen molar-refractivity contribution in [2.75, 3.05) is 0 Å². The molecule has 4 heteroatoms. The topological polar surface area (TPSA) is 42.2 Å². The van der Waals surface area contributed by atoms with Crippen LogP contribution in [-0.4, -0.2) is 15.6 Å². The molecule has 76 valence electrons. The summed E-state index contributed by atoms with van der Waals surface area (Å²) in [5.74, 6) is -0.917. The maximum atomic E-state index is 10.9. The van der Waals surface area contributed by atoms with Crippen LogP contribution in [0.2, 0.25) is 5.02 Å². The molecule has 2 rings (SSSR count). The highest BCUT2D eigenvalue weighted by molar-refractivity contribution is 6.30. The van der Waals surface area contributed by atoms with Gasteiger partial charge in [0, 0.05) is 12.2 Å². The van der Waals surface area contributed by atoms with Crippen LogP contribution in [0.1, 0.15) is 36.8 Å². The maximum Gasteiger partial charge on any atom is 0.352 e. The predicted octanol–water partition coefficient (Wildman–Crippen LogP) is 2.81. The highest BCUT2D eigenvalue weighted by Crippen LogP contribution is 2.56. The fourth-order valence-electron chi connectivity index (χ4n) is 1.79. The van der Waals surface area contributed by atoms with Crippen molar-refractivity contribution in [3.8, 4) is 0 Å². The number of carboxylic acid groups (broad SMARTS) is 1. The van der Waals surface area contributed by atoms with Gasteiger partial charge in [-0.25, -0.2) is 4.79 Å². The molecule has 1 saturated carbocycles. The molecule has 0 aromatic carbocycles. The molecule has 3 nitrogen and oxygen atoms in total. The van der Waals surface area contributed by atoms with E-state index in [1.54, 1.807) is 10.8 Å². The van der Waals surface area contributed by atoms with Crippen molar-refractivity contribution in [1.29, 1.82) is 0 Å². The van der Waals surface area contributed by atoms with Crippen molar-refractivity contribution in [2.24, 2.45) is 5.41 Å². The Morgan fingerprint density at radius 1 is 1.71 bits per heavy atom. The van der Waals surface area contributed by atoms with Crippen LogP contribution in [0.25, 0.3) is 0 Å². The molecule has 0 saturated heterocycles. The van der Waals surface area contributed by atoms with Gasteiger partial charge in [0.05, 0.1) is 5.02 Å². The Labute approximate surface area is 87.3 Å². The molecule has 0 aliphatic heterocycles. The summed E-state index contributed by atoms with van der Waals surface area (Å²) in [7, 11) is 0. The monoisotopic (exact) mass is 213 g/mol. The van der Waals surface area contributed by atoms with Crippen molar-refractivity contribution in [2.45, 2.75) is 26.3 Å². The lowest BCUT2D eigenvalue weighted by atomic mass is 10.2. The number of carbonyl (C=O) groups is 1. The molecule has 1 heterocycles. The van der Waals surface area contributed by atoms with E-state index in [1.165, 1.54) is 6.07 Å². The highest BCUT2D eigenvalue weighted by Gasteiger charge is 2.48. The first-order chi connectivity index (χ1) is 6.42. The van der Waals surface area contributed by atoms with Crippen LogP contribution < -0.4 is 0 Å². The van der Waals surface area contributed by atoms with Gasteiger partial charge in [-0.05, 0) is 17.9 Å².